The molecule has 0 fully saturated rings. The van der Waals surface area contributed by atoms with Gasteiger partial charge in [-0.2, -0.15) is 18.3 Å². The van der Waals surface area contributed by atoms with Crippen molar-refractivity contribution in [2.45, 2.75) is 25.7 Å². The predicted octanol–water partition coefficient (Wildman–Crippen LogP) is 2.82. The van der Waals surface area contributed by atoms with E-state index < -0.39 is 24.7 Å². The minimum atomic E-state index is -4.45. The van der Waals surface area contributed by atoms with Crippen molar-refractivity contribution < 1.29 is 22.7 Å². The second-order valence-corrected chi connectivity index (χ2v) is 5.17. The van der Waals surface area contributed by atoms with Gasteiger partial charge in [-0.05, 0) is 19.1 Å². The normalized spacial score (nSPS) is 12.9. The summed E-state index contributed by atoms with van der Waals surface area (Å²) >= 11 is 0. The van der Waals surface area contributed by atoms with Gasteiger partial charge in [0.1, 0.15) is 6.54 Å². The predicted molar refractivity (Wildman–Crippen MR) is 80.7 cm³/mol. The standard InChI is InChI=1S/C15H17F3N4O2/c1-10(24-3)13-12(8-20-22(13)9-15(16,17)18)14(23)21(2)11-5-4-6-19-7-11/h4-8,10H,9H2,1-3H3. The highest BCUT2D eigenvalue weighted by Gasteiger charge is 2.33. The number of alkyl halides is 3. The molecular formula is C15H17F3N4O2. The van der Waals surface area contributed by atoms with Crippen LogP contribution in [0.5, 0.6) is 0 Å². The summed E-state index contributed by atoms with van der Waals surface area (Å²) in [5, 5.41) is 3.72. The molecule has 24 heavy (non-hydrogen) atoms. The van der Waals surface area contributed by atoms with Crippen molar-refractivity contribution in [2.75, 3.05) is 19.1 Å². The summed E-state index contributed by atoms with van der Waals surface area (Å²) in [6, 6.07) is 3.33. The molecule has 0 aliphatic carbocycles. The number of nitrogens with zero attached hydrogens (tertiary/aromatic N) is 4. The van der Waals surface area contributed by atoms with Gasteiger partial charge in [0, 0.05) is 20.4 Å². The Kier molecular flexibility index (Phi) is 5.23. The van der Waals surface area contributed by atoms with E-state index in [1.54, 1.807) is 25.3 Å². The zero-order valence-corrected chi connectivity index (χ0v) is 13.4. The van der Waals surface area contributed by atoms with Crippen LogP contribution in [0.1, 0.15) is 29.1 Å². The number of ether oxygens (including phenoxy) is 1. The van der Waals surface area contributed by atoms with E-state index in [1.165, 1.54) is 25.3 Å². The average Bonchev–Trinajstić information content (AvgIpc) is 2.95. The molecule has 130 valence electrons. The van der Waals surface area contributed by atoms with Gasteiger partial charge in [0.25, 0.3) is 5.91 Å². The van der Waals surface area contributed by atoms with Gasteiger partial charge in [0.2, 0.25) is 0 Å². The van der Waals surface area contributed by atoms with Gasteiger partial charge in [-0.25, -0.2) is 0 Å². The van der Waals surface area contributed by atoms with Gasteiger partial charge < -0.3 is 9.64 Å². The number of hydrogen-bond acceptors (Lipinski definition) is 4. The molecule has 0 aromatic carbocycles. The molecule has 0 saturated heterocycles. The first kappa shape index (κ1) is 17.9. The lowest BCUT2D eigenvalue weighted by atomic mass is 10.1. The van der Waals surface area contributed by atoms with E-state index in [-0.39, 0.29) is 11.3 Å². The third-order valence-electron chi connectivity index (χ3n) is 3.52. The molecule has 0 aliphatic rings. The van der Waals surface area contributed by atoms with Gasteiger partial charge >= 0.3 is 6.18 Å². The van der Waals surface area contributed by atoms with E-state index in [0.717, 1.165) is 10.9 Å². The molecule has 1 amide bonds. The fourth-order valence-electron chi connectivity index (χ4n) is 2.25. The van der Waals surface area contributed by atoms with Gasteiger partial charge in [-0.3, -0.25) is 14.5 Å². The first-order valence-corrected chi connectivity index (χ1v) is 7.08. The minimum absolute atomic E-state index is 0.0555. The summed E-state index contributed by atoms with van der Waals surface area (Å²) in [5.41, 5.74) is 0.651. The summed E-state index contributed by atoms with van der Waals surface area (Å²) in [6.07, 6.45) is -1.01. The molecule has 2 aromatic rings. The minimum Gasteiger partial charge on any atom is -0.375 e. The van der Waals surface area contributed by atoms with E-state index >= 15 is 0 Å². The van der Waals surface area contributed by atoms with Crippen LogP contribution in [0, 0.1) is 0 Å². The lowest BCUT2D eigenvalue weighted by Crippen LogP contribution is -2.28. The Morgan fingerprint density at radius 3 is 2.67 bits per heavy atom. The second-order valence-electron chi connectivity index (χ2n) is 5.17. The summed E-state index contributed by atoms with van der Waals surface area (Å²) in [4.78, 5) is 17.9. The zero-order chi connectivity index (χ0) is 17.9. The van der Waals surface area contributed by atoms with Crippen LogP contribution in [-0.4, -0.2) is 41.0 Å². The van der Waals surface area contributed by atoms with Crippen molar-refractivity contribution in [1.82, 2.24) is 14.8 Å². The maximum absolute atomic E-state index is 12.7. The molecule has 0 saturated carbocycles. The van der Waals surface area contributed by atoms with Crippen LogP contribution >= 0.6 is 0 Å². The molecule has 0 spiro atoms. The number of halogens is 3. The molecule has 0 aliphatic heterocycles. The Bertz CT molecular complexity index is 700. The molecule has 2 heterocycles. The Labute approximate surface area is 136 Å². The molecule has 0 N–H and O–H groups in total. The van der Waals surface area contributed by atoms with Gasteiger partial charge in [0.15, 0.2) is 0 Å². The number of carbonyl (C=O) groups excluding carboxylic acids is 1. The van der Waals surface area contributed by atoms with Crippen LogP contribution in [0.25, 0.3) is 0 Å². The Balaban J connectivity index is 2.40. The van der Waals surface area contributed by atoms with E-state index in [0.29, 0.717) is 5.69 Å². The van der Waals surface area contributed by atoms with E-state index in [4.69, 9.17) is 4.74 Å². The highest BCUT2D eigenvalue weighted by atomic mass is 19.4. The summed E-state index contributed by atoms with van der Waals surface area (Å²) in [7, 11) is 2.87. The zero-order valence-electron chi connectivity index (χ0n) is 13.4. The smallest absolute Gasteiger partial charge is 0.375 e. The quantitative estimate of drug-likeness (QED) is 0.838. The number of anilines is 1. The number of rotatable bonds is 5. The summed E-state index contributed by atoms with van der Waals surface area (Å²) in [6.45, 7) is 0.269. The summed E-state index contributed by atoms with van der Waals surface area (Å²) in [5.74, 6) is -0.490. The Hall–Kier alpha value is -2.42. The van der Waals surface area contributed by atoms with Crippen LogP contribution in [-0.2, 0) is 11.3 Å². The highest BCUT2D eigenvalue weighted by Crippen LogP contribution is 2.26. The van der Waals surface area contributed by atoms with Crippen molar-refractivity contribution in [3.63, 3.8) is 0 Å². The first-order valence-electron chi connectivity index (χ1n) is 7.08. The van der Waals surface area contributed by atoms with Crippen molar-refractivity contribution in [3.05, 3.63) is 42.0 Å². The van der Waals surface area contributed by atoms with Crippen LogP contribution in [0.2, 0.25) is 0 Å². The van der Waals surface area contributed by atoms with E-state index in [1.807, 2.05) is 0 Å². The molecule has 0 bridgehead atoms. The molecule has 1 atom stereocenters. The van der Waals surface area contributed by atoms with Crippen LogP contribution < -0.4 is 4.90 Å². The fourth-order valence-corrected chi connectivity index (χ4v) is 2.25. The Morgan fingerprint density at radius 1 is 1.42 bits per heavy atom. The average molecular weight is 342 g/mol. The topological polar surface area (TPSA) is 60.2 Å². The number of aromatic nitrogens is 3. The lowest BCUT2D eigenvalue weighted by Gasteiger charge is -2.19. The largest absolute Gasteiger partial charge is 0.408 e. The molecule has 9 heteroatoms. The third-order valence-corrected chi connectivity index (χ3v) is 3.52. The maximum Gasteiger partial charge on any atom is 0.408 e. The second kappa shape index (κ2) is 7.00. The number of methoxy groups -OCH3 is 1. The van der Waals surface area contributed by atoms with Gasteiger partial charge in [-0.1, -0.05) is 0 Å². The third kappa shape index (κ3) is 3.91. The highest BCUT2D eigenvalue weighted by molar-refractivity contribution is 6.06. The molecular weight excluding hydrogens is 325 g/mol. The number of hydrogen-bond donors (Lipinski definition) is 0. The summed E-state index contributed by atoms with van der Waals surface area (Å²) < 4.78 is 44.0. The molecule has 6 nitrogen and oxygen atoms in total. The van der Waals surface area contributed by atoms with Gasteiger partial charge in [0.05, 0.1) is 35.4 Å². The molecule has 2 rings (SSSR count). The van der Waals surface area contributed by atoms with Crippen LogP contribution in [0.15, 0.2) is 30.7 Å². The monoisotopic (exact) mass is 342 g/mol. The Morgan fingerprint density at radius 2 is 2.12 bits per heavy atom. The SMILES string of the molecule is COC(C)c1c(C(=O)N(C)c2cccnc2)cnn1CC(F)(F)F. The van der Waals surface area contributed by atoms with Crippen molar-refractivity contribution in [3.8, 4) is 0 Å². The lowest BCUT2D eigenvalue weighted by molar-refractivity contribution is -0.143. The number of amides is 1. The van der Waals surface area contributed by atoms with Gasteiger partial charge in [-0.15, -0.1) is 0 Å². The van der Waals surface area contributed by atoms with Crippen molar-refractivity contribution >= 4 is 11.6 Å². The van der Waals surface area contributed by atoms with Crippen LogP contribution in [0.4, 0.5) is 18.9 Å². The molecule has 2 aromatic heterocycles. The maximum atomic E-state index is 12.7. The number of pyridine rings is 1. The van der Waals surface area contributed by atoms with E-state index in [9.17, 15) is 18.0 Å². The molecule has 1 unspecified atom stereocenters. The number of carbonyl (C=O) groups is 1. The van der Waals surface area contributed by atoms with Crippen LogP contribution in [0.3, 0.4) is 0 Å². The van der Waals surface area contributed by atoms with Crippen molar-refractivity contribution in [2.24, 2.45) is 0 Å². The van der Waals surface area contributed by atoms with E-state index in [2.05, 4.69) is 10.1 Å². The fraction of sp³-hybridized carbons (Fsp3) is 0.400. The first-order chi connectivity index (χ1) is 11.2. The van der Waals surface area contributed by atoms with Crippen molar-refractivity contribution in [1.29, 1.82) is 0 Å². The molecule has 0 radical (unpaired) electrons.